The molecule has 0 N–H and O–H groups in total. The van der Waals surface area contributed by atoms with E-state index < -0.39 is 11.6 Å². The van der Waals surface area contributed by atoms with E-state index in [1.54, 1.807) is 0 Å². The van der Waals surface area contributed by atoms with Crippen molar-refractivity contribution in [3.05, 3.63) is 11.6 Å². The summed E-state index contributed by atoms with van der Waals surface area (Å²) in [6.07, 6.45) is 2.34. The summed E-state index contributed by atoms with van der Waals surface area (Å²) < 4.78 is 0. The molecule has 0 aromatic heterocycles. The van der Waals surface area contributed by atoms with Crippen LogP contribution in [-0.4, -0.2) is 29.5 Å². The second kappa shape index (κ2) is 2.55. The quantitative estimate of drug-likeness (QED) is 0.465. The molecule has 2 heterocycles. The van der Waals surface area contributed by atoms with E-state index in [9.17, 15) is 14.4 Å². The van der Waals surface area contributed by atoms with Gasteiger partial charge in [0.15, 0.2) is 5.84 Å². The van der Waals surface area contributed by atoms with E-state index in [1.165, 1.54) is 6.08 Å². The van der Waals surface area contributed by atoms with E-state index >= 15 is 0 Å². The molecular weight excluding hydrogens is 172 g/mol. The Morgan fingerprint density at radius 2 is 2.00 bits per heavy atom. The van der Waals surface area contributed by atoms with Gasteiger partial charge in [0.25, 0.3) is 5.91 Å². The molecule has 5 heteroatoms. The Kier molecular flexibility index (Phi) is 1.51. The fourth-order valence-corrected chi connectivity index (χ4v) is 1.11. The average Bonchev–Trinajstić information content (AvgIpc) is 2.12. The maximum atomic E-state index is 11.2. The standard InChI is InChI=1S/C8H4N2O3/c11-5-3-9-8-4(7(5)13)1-2-6(12)10-8/h1,3H,2H2. The molecule has 2 rings (SSSR count). The van der Waals surface area contributed by atoms with Crippen LogP contribution in [0.3, 0.4) is 0 Å². The van der Waals surface area contributed by atoms with Gasteiger partial charge in [0.2, 0.25) is 11.6 Å². The normalized spacial score (nSPS) is 21.1. The predicted octanol–water partition coefficient (Wildman–Crippen LogP) is -0.536. The summed E-state index contributed by atoms with van der Waals surface area (Å²) in [7, 11) is 0. The van der Waals surface area contributed by atoms with Gasteiger partial charge >= 0.3 is 0 Å². The number of hydrogen-bond acceptors (Lipinski definition) is 4. The van der Waals surface area contributed by atoms with Crippen molar-refractivity contribution in [3.8, 4) is 0 Å². The first-order chi connectivity index (χ1) is 6.18. The van der Waals surface area contributed by atoms with E-state index in [2.05, 4.69) is 9.98 Å². The number of ketones is 2. The molecule has 0 saturated carbocycles. The molecular formula is C8H4N2O3. The molecule has 0 aliphatic carbocycles. The number of amides is 1. The molecule has 0 aromatic carbocycles. The molecule has 64 valence electrons. The molecule has 0 bridgehead atoms. The van der Waals surface area contributed by atoms with Crippen molar-refractivity contribution in [2.24, 2.45) is 9.98 Å². The minimum Gasteiger partial charge on any atom is -0.285 e. The van der Waals surface area contributed by atoms with Gasteiger partial charge in [-0.2, -0.15) is 4.99 Å². The molecule has 0 aromatic rings. The predicted molar refractivity (Wildman–Crippen MR) is 43.6 cm³/mol. The van der Waals surface area contributed by atoms with Crippen LogP contribution >= 0.6 is 0 Å². The van der Waals surface area contributed by atoms with E-state index in [-0.39, 0.29) is 23.7 Å². The lowest BCUT2D eigenvalue weighted by Gasteiger charge is -2.11. The van der Waals surface area contributed by atoms with Crippen LogP contribution < -0.4 is 0 Å². The number of hydrogen-bond donors (Lipinski definition) is 0. The Bertz CT molecular complexity index is 415. The monoisotopic (exact) mass is 176 g/mol. The first-order valence-electron chi connectivity index (χ1n) is 3.63. The maximum absolute atomic E-state index is 11.2. The van der Waals surface area contributed by atoms with Crippen LogP contribution in [-0.2, 0) is 14.4 Å². The van der Waals surface area contributed by atoms with Crippen LogP contribution in [0.4, 0.5) is 0 Å². The first kappa shape index (κ1) is 7.72. The summed E-state index contributed by atoms with van der Waals surface area (Å²) in [5.74, 6) is -1.60. The minimum atomic E-state index is -0.667. The van der Waals surface area contributed by atoms with Crippen molar-refractivity contribution in [2.45, 2.75) is 6.42 Å². The van der Waals surface area contributed by atoms with E-state index in [4.69, 9.17) is 0 Å². The van der Waals surface area contributed by atoms with Crippen molar-refractivity contribution in [1.82, 2.24) is 0 Å². The van der Waals surface area contributed by atoms with E-state index in [0.29, 0.717) is 0 Å². The molecule has 1 amide bonds. The summed E-state index contributed by atoms with van der Waals surface area (Å²) in [4.78, 5) is 39.9. The summed E-state index contributed by atoms with van der Waals surface area (Å²) in [6, 6.07) is 0. The van der Waals surface area contributed by atoms with E-state index in [1.807, 2.05) is 0 Å². The third-order valence-electron chi connectivity index (χ3n) is 1.72. The fraction of sp³-hybridized carbons (Fsp3) is 0.125. The second-order valence-corrected chi connectivity index (χ2v) is 2.60. The summed E-state index contributed by atoms with van der Waals surface area (Å²) in [5, 5.41) is 0. The summed E-state index contributed by atoms with van der Waals surface area (Å²) in [5.41, 5.74) is 0.145. The lowest BCUT2D eigenvalue weighted by atomic mass is 10.0. The zero-order valence-electron chi connectivity index (χ0n) is 6.48. The van der Waals surface area contributed by atoms with Gasteiger partial charge in [0, 0.05) is 6.42 Å². The smallest absolute Gasteiger partial charge is 0.251 e. The van der Waals surface area contributed by atoms with Gasteiger partial charge in [-0.05, 0) is 0 Å². The number of carbonyl (C=O) groups is 3. The molecule has 0 unspecified atom stereocenters. The summed E-state index contributed by atoms with van der Waals surface area (Å²) >= 11 is 0. The number of rotatable bonds is 0. The van der Waals surface area contributed by atoms with Crippen LogP contribution in [0.2, 0.25) is 0 Å². The minimum absolute atomic E-state index is 0.0563. The number of amidine groups is 1. The lowest BCUT2D eigenvalue weighted by molar-refractivity contribution is -0.130. The van der Waals surface area contributed by atoms with Gasteiger partial charge in [0.1, 0.15) is 0 Å². The van der Waals surface area contributed by atoms with Crippen molar-refractivity contribution in [1.29, 1.82) is 0 Å². The van der Waals surface area contributed by atoms with Crippen LogP contribution in [0.25, 0.3) is 0 Å². The Morgan fingerprint density at radius 1 is 1.23 bits per heavy atom. The molecule has 5 nitrogen and oxygen atoms in total. The van der Waals surface area contributed by atoms with Gasteiger partial charge in [-0.1, -0.05) is 6.08 Å². The number of fused-ring (bicyclic) bond motifs is 1. The Hall–Kier alpha value is -1.91. The van der Waals surface area contributed by atoms with Crippen molar-refractivity contribution < 1.29 is 14.4 Å². The van der Waals surface area contributed by atoms with Crippen LogP contribution in [0, 0.1) is 0 Å². The molecule has 13 heavy (non-hydrogen) atoms. The van der Waals surface area contributed by atoms with Crippen molar-refractivity contribution >= 4 is 29.5 Å². The molecule has 0 atom stereocenters. The van der Waals surface area contributed by atoms with Gasteiger partial charge in [0.05, 0.1) is 11.8 Å². The number of Topliss-reactive ketones (excluding diaryl/α,β-unsaturated/α-hetero) is 2. The molecule has 0 radical (unpaired) electrons. The second-order valence-electron chi connectivity index (χ2n) is 2.60. The lowest BCUT2D eigenvalue weighted by Crippen LogP contribution is -2.29. The Morgan fingerprint density at radius 3 is 2.77 bits per heavy atom. The SMILES string of the molecule is O=C1CC=C2C(=O)C(=O)C=NC2=N1. The Balaban J connectivity index is 2.53. The molecule has 0 fully saturated rings. The number of aliphatic imine (C=N–C) groups is 2. The highest BCUT2D eigenvalue weighted by Crippen LogP contribution is 2.13. The molecule has 2 aliphatic rings. The number of carbonyl (C=O) groups excluding carboxylic acids is 3. The van der Waals surface area contributed by atoms with Gasteiger partial charge < -0.3 is 0 Å². The zero-order valence-corrected chi connectivity index (χ0v) is 6.48. The third-order valence-corrected chi connectivity index (χ3v) is 1.72. The number of nitrogens with zero attached hydrogens (tertiary/aromatic N) is 2. The maximum Gasteiger partial charge on any atom is 0.251 e. The highest BCUT2D eigenvalue weighted by atomic mass is 16.2. The van der Waals surface area contributed by atoms with Crippen LogP contribution in [0.15, 0.2) is 21.6 Å². The topological polar surface area (TPSA) is 75.9 Å². The van der Waals surface area contributed by atoms with Gasteiger partial charge in [-0.3, -0.25) is 14.4 Å². The van der Waals surface area contributed by atoms with Crippen LogP contribution in [0.1, 0.15) is 6.42 Å². The number of dihydropyridines is 1. The highest BCUT2D eigenvalue weighted by Gasteiger charge is 2.28. The fourth-order valence-electron chi connectivity index (χ4n) is 1.11. The molecule has 0 saturated heterocycles. The molecule has 0 spiro atoms. The summed E-state index contributed by atoms with van der Waals surface area (Å²) in [6.45, 7) is 0. The van der Waals surface area contributed by atoms with Gasteiger partial charge in [-0.25, -0.2) is 4.99 Å². The van der Waals surface area contributed by atoms with Crippen molar-refractivity contribution in [2.75, 3.05) is 0 Å². The van der Waals surface area contributed by atoms with Crippen molar-refractivity contribution in [3.63, 3.8) is 0 Å². The zero-order chi connectivity index (χ0) is 9.42. The van der Waals surface area contributed by atoms with Crippen LogP contribution in [0.5, 0.6) is 0 Å². The third kappa shape index (κ3) is 1.14. The van der Waals surface area contributed by atoms with Gasteiger partial charge in [-0.15, -0.1) is 0 Å². The van der Waals surface area contributed by atoms with E-state index in [0.717, 1.165) is 6.21 Å². The highest BCUT2D eigenvalue weighted by molar-refractivity contribution is 6.68. The Labute approximate surface area is 72.9 Å². The molecule has 2 aliphatic heterocycles. The largest absolute Gasteiger partial charge is 0.285 e. The average molecular weight is 176 g/mol. The first-order valence-corrected chi connectivity index (χ1v) is 3.63.